The Kier molecular flexibility index (Phi) is 11.3. The van der Waals surface area contributed by atoms with Gasteiger partial charge >= 0.3 is 0 Å². The minimum Gasteiger partial charge on any atom is -0.393 e. The van der Waals surface area contributed by atoms with Crippen molar-refractivity contribution in [2.24, 2.45) is 0 Å². The Morgan fingerprint density at radius 3 is 0.857 bits per heavy atom. The van der Waals surface area contributed by atoms with E-state index in [1.807, 2.05) is 13.6 Å². The molecule has 0 unspecified atom stereocenters. The van der Waals surface area contributed by atoms with Gasteiger partial charge in [-0.25, -0.2) is 0 Å². The highest BCUT2D eigenvalue weighted by atomic mass is 16.3. The molecule has 2 heterocycles. The first-order chi connectivity index (χ1) is 12.5. The van der Waals surface area contributed by atoms with Crippen LogP contribution in [0.2, 0.25) is 0 Å². The van der Waals surface area contributed by atoms with Gasteiger partial charge < -0.3 is 19.8 Å². The number of aliphatic hydroxyl groups is 2. The number of carbonyl (C=O) groups excluding carboxylic acids is 2. The Bertz CT molecular complexity index is 385. The number of likely N-dealkylation sites (tertiary alicyclic amines) is 2. The number of aliphatic hydroxyl groups excluding tert-OH is 2. The van der Waals surface area contributed by atoms with E-state index in [1.165, 1.54) is 0 Å². The van der Waals surface area contributed by atoms with Gasteiger partial charge in [-0.05, 0) is 95.2 Å². The molecule has 0 saturated carbocycles. The van der Waals surface area contributed by atoms with E-state index < -0.39 is 0 Å². The normalized spacial score (nSPS) is 26.4. The average Bonchev–Trinajstić information content (AvgIpc) is 2.53. The highest BCUT2D eigenvalue weighted by Crippen LogP contribution is 2.37. The van der Waals surface area contributed by atoms with Crippen molar-refractivity contribution in [1.29, 1.82) is 0 Å². The molecule has 2 rings (SSSR count). The average molecular weight is 403 g/mol. The van der Waals surface area contributed by atoms with Gasteiger partial charge in [0.15, 0.2) is 0 Å². The number of carbonyl (C=O) groups is 2. The van der Waals surface area contributed by atoms with Gasteiger partial charge in [-0.1, -0.05) is 0 Å². The Hall–Kier alpha value is -0.820. The van der Waals surface area contributed by atoms with Crippen molar-refractivity contribution >= 4 is 13.6 Å². The molecule has 2 N–H and O–H groups in total. The van der Waals surface area contributed by atoms with E-state index in [0.717, 1.165) is 25.7 Å². The van der Waals surface area contributed by atoms with Crippen LogP contribution in [0.5, 0.6) is 0 Å². The van der Waals surface area contributed by atoms with Gasteiger partial charge in [0.05, 0.1) is 12.2 Å². The predicted molar refractivity (Wildman–Crippen MR) is 117 cm³/mol. The van der Waals surface area contributed by atoms with Gasteiger partial charge in [-0.15, -0.1) is 0 Å². The van der Waals surface area contributed by atoms with Gasteiger partial charge in [0.25, 0.3) is 0 Å². The summed E-state index contributed by atoms with van der Waals surface area (Å²) in [6.45, 7) is 21.5. The minimum absolute atomic E-state index is 0.126. The lowest BCUT2D eigenvalue weighted by atomic mass is 9.79. The smallest absolute Gasteiger partial charge is 0.106 e. The van der Waals surface area contributed by atoms with Gasteiger partial charge in [0.1, 0.15) is 13.6 Å². The highest BCUT2D eigenvalue weighted by Gasteiger charge is 2.43. The van der Waals surface area contributed by atoms with Crippen LogP contribution in [0, 0.1) is 0 Å². The molecular formula is C22H46N2O4. The zero-order valence-electron chi connectivity index (χ0n) is 20.0. The second-order valence-electron chi connectivity index (χ2n) is 10.5. The van der Waals surface area contributed by atoms with Gasteiger partial charge in [-0.3, -0.25) is 9.80 Å². The maximum absolute atomic E-state index is 9.67. The monoisotopic (exact) mass is 402 g/mol. The molecule has 0 spiro atoms. The van der Waals surface area contributed by atoms with Crippen molar-refractivity contribution in [2.45, 2.75) is 115 Å². The van der Waals surface area contributed by atoms with Crippen LogP contribution in [0.1, 0.15) is 81.1 Å². The summed E-state index contributed by atoms with van der Waals surface area (Å²) in [7, 11) is 4.29. The Labute approximate surface area is 173 Å². The molecule has 0 aromatic rings. The molecule has 0 aliphatic carbocycles. The molecule has 0 aromatic heterocycles. The van der Waals surface area contributed by atoms with E-state index in [4.69, 9.17) is 9.59 Å². The number of nitrogens with zero attached hydrogens (tertiary/aromatic N) is 2. The van der Waals surface area contributed by atoms with Crippen LogP contribution in [0.4, 0.5) is 0 Å². The molecule has 0 aromatic carbocycles. The van der Waals surface area contributed by atoms with E-state index in [0.29, 0.717) is 0 Å². The lowest BCUT2D eigenvalue weighted by Gasteiger charge is -2.52. The SMILES string of the molecule is C=O.C=O.CN1C(C)(C)CC(O)CC1(C)C.CN1C(C)(C)CC(O)CC1(C)C. The quantitative estimate of drug-likeness (QED) is 0.648. The molecule has 0 bridgehead atoms. The van der Waals surface area contributed by atoms with Crippen molar-refractivity contribution in [3.05, 3.63) is 0 Å². The maximum atomic E-state index is 9.67. The summed E-state index contributed by atoms with van der Waals surface area (Å²) in [5.41, 5.74) is 0.505. The summed E-state index contributed by atoms with van der Waals surface area (Å²) < 4.78 is 0. The van der Waals surface area contributed by atoms with Crippen LogP contribution in [0.3, 0.4) is 0 Å². The van der Waals surface area contributed by atoms with Crippen LogP contribution in [-0.2, 0) is 9.59 Å². The lowest BCUT2D eigenvalue weighted by molar-refractivity contribution is -0.0987. The van der Waals surface area contributed by atoms with E-state index in [2.05, 4.69) is 79.3 Å². The fourth-order valence-corrected chi connectivity index (χ4v) is 4.64. The van der Waals surface area contributed by atoms with Crippen molar-refractivity contribution < 1.29 is 19.8 Å². The standard InChI is InChI=1S/2C10H21NO.2CH2O/c2*1-9(2)6-8(12)7-10(3,4)11(9)5;2*1-2/h2*8,12H,6-7H2,1-5H3;2*1H2. The highest BCUT2D eigenvalue weighted by molar-refractivity contribution is 5.11. The molecule has 0 radical (unpaired) electrons. The summed E-state index contributed by atoms with van der Waals surface area (Å²) in [4.78, 5) is 20.7. The second kappa shape index (κ2) is 10.8. The molecule has 2 aliphatic heterocycles. The summed E-state index contributed by atoms with van der Waals surface area (Å²) in [5.74, 6) is 0. The van der Waals surface area contributed by atoms with Crippen molar-refractivity contribution in [2.75, 3.05) is 14.1 Å². The van der Waals surface area contributed by atoms with Crippen LogP contribution >= 0.6 is 0 Å². The zero-order valence-corrected chi connectivity index (χ0v) is 20.0. The third-order valence-corrected chi connectivity index (χ3v) is 6.57. The number of hydrogen-bond acceptors (Lipinski definition) is 6. The third kappa shape index (κ3) is 7.90. The van der Waals surface area contributed by atoms with E-state index >= 15 is 0 Å². The number of piperidine rings is 2. The van der Waals surface area contributed by atoms with Gasteiger partial charge in [0.2, 0.25) is 0 Å². The van der Waals surface area contributed by atoms with Crippen molar-refractivity contribution in [3.63, 3.8) is 0 Å². The second-order valence-corrected chi connectivity index (χ2v) is 10.5. The van der Waals surface area contributed by atoms with Crippen LogP contribution in [-0.4, -0.2) is 82.1 Å². The van der Waals surface area contributed by atoms with E-state index in [9.17, 15) is 10.2 Å². The number of rotatable bonds is 0. The summed E-state index contributed by atoms with van der Waals surface area (Å²) >= 11 is 0. The summed E-state index contributed by atoms with van der Waals surface area (Å²) in [6, 6.07) is 0. The largest absolute Gasteiger partial charge is 0.393 e. The van der Waals surface area contributed by atoms with E-state index in [1.54, 1.807) is 0 Å². The molecule has 2 fully saturated rings. The number of hydrogen-bond donors (Lipinski definition) is 2. The third-order valence-electron chi connectivity index (χ3n) is 6.57. The fraction of sp³-hybridized carbons (Fsp3) is 0.909. The predicted octanol–water partition coefficient (Wildman–Crippen LogP) is 2.89. The minimum atomic E-state index is -0.133. The first kappa shape index (κ1) is 29.4. The Morgan fingerprint density at radius 1 is 0.571 bits per heavy atom. The summed E-state index contributed by atoms with van der Waals surface area (Å²) in [5, 5.41) is 19.3. The maximum Gasteiger partial charge on any atom is 0.106 e. The van der Waals surface area contributed by atoms with Gasteiger partial charge in [0, 0.05) is 22.2 Å². The summed E-state index contributed by atoms with van der Waals surface area (Å²) in [6.07, 6.45) is 3.26. The fourth-order valence-electron chi connectivity index (χ4n) is 4.64. The molecule has 6 nitrogen and oxygen atoms in total. The first-order valence-electron chi connectivity index (χ1n) is 9.93. The molecule has 168 valence electrons. The molecule has 2 aliphatic rings. The van der Waals surface area contributed by atoms with Crippen LogP contribution < -0.4 is 0 Å². The van der Waals surface area contributed by atoms with Crippen LogP contribution in [0.25, 0.3) is 0 Å². The zero-order chi connectivity index (χ0) is 23.1. The first-order valence-corrected chi connectivity index (χ1v) is 9.93. The van der Waals surface area contributed by atoms with Crippen molar-refractivity contribution in [3.8, 4) is 0 Å². The lowest BCUT2D eigenvalue weighted by Crippen LogP contribution is -2.59. The Balaban J connectivity index is 0. The Morgan fingerprint density at radius 2 is 0.714 bits per heavy atom. The topological polar surface area (TPSA) is 81.1 Å². The van der Waals surface area contributed by atoms with Gasteiger partial charge in [-0.2, -0.15) is 0 Å². The molecule has 0 atom stereocenters. The van der Waals surface area contributed by atoms with Crippen LogP contribution in [0.15, 0.2) is 0 Å². The molecule has 28 heavy (non-hydrogen) atoms. The molecular weight excluding hydrogens is 356 g/mol. The van der Waals surface area contributed by atoms with E-state index in [-0.39, 0.29) is 34.4 Å². The molecule has 0 amide bonds. The molecule has 2 saturated heterocycles. The molecule has 6 heteroatoms. The van der Waals surface area contributed by atoms with Crippen molar-refractivity contribution in [1.82, 2.24) is 9.80 Å².